The number of fused-ring (bicyclic) bond motifs is 4. The number of aliphatic hydroxyl groups is 1. The third-order valence-corrected chi connectivity index (χ3v) is 5.72. The summed E-state index contributed by atoms with van der Waals surface area (Å²) in [5.41, 5.74) is 7.20. The van der Waals surface area contributed by atoms with Crippen LogP contribution < -0.4 is 0 Å². The predicted molar refractivity (Wildman–Crippen MR) is 143 cm³/mol. The van der Waals surface area contributed by atoms with E-state index in [0.29, 0.717) is 0 Å². The number of carbonyl (C=O) groups is 1. The fraction of sp³-hybridized carbons (Fsp3) is 0.0968. The van der Waals surface area contributed by atoms with Crippen LogP contribution in [0.2, 0.25) is 0 Å². The van der Waals surface area contributed by atoms with E-state index in [-0.39, 0.29) is 31.6 Å². The third-order valence-electron chi connectivity index (χ3n) is 5.72. The molecular weight excluding hydrogens is 643 g/mol. The van der Waals surface area contributed by atoms with Crippen molar-refractivity contribution < 1.29 is 38.8 Å². The summed E-state index contributed by atoms with van der Waals surface area (Å²) in [4.78, 5) is 14.9. The molecule has 3 heterocycles. The van der Waals surface area contributed by atoms with Gasteiger partial charge >= 0.3 is 0 Å². The Bertz CT molecular complexity index is 1740. The van der Waals surface area contributed by atoms with E-state index < -0.39 is 0 Å². The van der Waals surface area contributed by atoms with E-state index in [9.17, 15) is 4.79 Å². The molecule has 0 aliphatic rings. The van der Waals surface area contributed by atoms with Gasteiger partial charge < -0.3 is 13.9 Å². The molecule has 0 saturated heterocycles. The van der Waals surface area contributed by atoms with E-state index in [2.05, 4.69) is 43.3 Å². The maximum absolute atomic E-state index is 10.0. The molecule has 0 spiro atoms. The van der Waals surface area contributed by atoms with Gasteiger partial charge in [0.2, 0.25) is 0 Å². The van der Waals surface area contributed by atoms with Crippen LogP contribution in [0.5, 0.6) is 0 Å². The molecule has 6 rings (SSSR count). The number of para-hydroxylation sites is 1. The van der Waals surface area contributed by atoms with Crippen LogP contribution in [0.15, 0.2) is 99.5 Å². The van der Waals surface area contributed by atoms with Gasteiger partial charge in [-0.05, 0) is 38.6 Å². The Balaban J connectivity index is 0.000000356. The minimum atomic E-state index is -0.125. The smallest absolute Gasteiger partial charge is 0.155 e. The Hall–Kier alpha value is -3.99. The monoisotopic (exact) mass is 667 g/mol. The Morgan fingerprint density at radius 1 is 0.919 bits per heavy atom. The topological polar surface area (TPSA) is 76.5 Å². The van der Waals surface area contributed by atoms with E-state index in [0.717, 1.165) is 55.6 Å². The maximum atomic E-state index is 10.0. The van der Waals surface area contributed by atoms with Gasteiger partial charge in [0.25, 0.3) is 0 Å². The third kappa shape index (κ3) is 5.56. The number of hydrogen-bond donors (Lipinski definition) is 1. The van der Waals surface area contributed by atoms with Crippen LogP contribution in [0.1, 0.15) is 19.4 Å². The maximum Gasteiger partial charge on any atom is 0.155 e. The van der Waals surface area contributed by atoms with E-state index in [1.165, 1.54) is 25.5 Å². The number of aromatic nitrogens is 1. The molecule has 0 aliphatic carbocycles. The quantitative estimate of drug-likeness (QED) is 0.117. The minimum Gasteiger partial charge on any atom is -0.512 e. The molecule has 5 nitrogen and oxygen atoms in total. The number of furan rings is 2. The molecule has 1 radical (unpaired) electrons. The SMILES string of the molecule is CC(=O)/C=C(/C)O.Cc1ccc(-c2cc3nc(-c4[c-]ccc5c4oc4ccccc45)ccc3o2)cc1.[Ir]. The Labute approximate surface area is 227 Å². The van der Waals surface area contributed by atoms with Crippen LogP contribution in [-0.2, 0) is 24.9 Å². The summed E-state index contributed by atoms with van der Waals surface area (Å²) in [5, 5.41) is 10.5. The molecule has 0 saturated carbocycles. The average molecular weight is 667 g/mol. The van der Waals surface area contributed by atoms with Gasteiger partial charge in [-0.1, -0.05) is 65.0 Å². The molecule has 0 fully saturated rings. The van der Waals surface area contributed by atoms with Gasteiger partial charge in [0, 0.05) is 43.2 Å². The molecule has 187 valence electrons. The second kappa shape index (κ2) is 11.0. The van der Waals surface area contributed by atoms with Crippen LogP contribution in [-0.4, -0.2) is 15.9 Å². The molecule has 0 amide bonds. The number of aryl methyl sites for hydroxylation is 1. The standard InChI is InChI=1S/C26H16NO2.C5H8O2.Ir/c1-16-9-11-17(12-10-16)25-15-22-24(28-25)14-13-21(27-22)20-7-4-6-19-18-5-2-3-8-23(18)29-26(19)20;1-4(6)3-5(2)7;/h2-6,8-15H,1H3;3,6H,1-2H3;/q-1;;/b;4-3-;. The number of hydrogen-bond acceptors (Lipinski definition) is 5. The summed E-state index contributed by atoms with van der Waals surface area (Å²) < 4.78 is 12.2. The van der Waals surface area contributed by atoms with E-state index in [1.54, 1.807) is 0 Å². The summed E-state index contributed by atoms with van der Waals surface area (Å²) in [7, 11) is 0. The molecule has 0 unspecified atom stereocenters. The van der Waals surface area contributed by atoms with Crippen molar-refractivity contribution in [1.29, 1.82) is 0 Å². The van der Waals surface area contributed by atoms with E-state index in [1.807, 2.05) is 48.5 Å². The van der Waals surface area contributed by atoms with Crippen molar-refractivity contribution in [3.05, 3.63) is 102 Å². The normalized spacial score (nSPS) is 11.3. The van der Waals surface area contributed by atoms with Crippen molar-refractivity contribution in [3.63, 3.8) is 0 Å². The molecular formula is C31H24IrNO4-. The zero-order valence-corrected chi connectivity index (χ0v) is 22.9. The number of rotatable bonds is 3. The number of benzene rings is 3. The van der Waals surface area contributed by atoms with Gasteiger partial charge in [0.05, 0.1) is 16.9 Å². The first kappa shape index (κ1) is 26.1. The van der Waals surface area contributed by atoms with Gasteiger partial charge in [-0.25, -0.2) is 0 Å². The van der Waals surface area contributed by atoms with Crippen molar-refractivity contribution in [1.82, 2.24) is 4.98 Å². The van der Waals surface area contributed by atoms with Crippen molar-refractivity contribution in [2.24, 2.45) is 0 Å². The fourth-order valence-corrected chi connectivity index (χ4v) is 4.10. The molecule has 0 atom stereocenters. The number of carbonyl (C=O) groups excluding carboxylic acids is 1. The Morgan fingerprint density at radius 2 is 1.68 bits per heavy atom. The first-order chi connectivity index (χ1) is 17.4. The van der Waals surface area contributed by atoms with Crippen LogP contribution in [0.25, 0.3) is 55.6 Å². The molecule has 37 heavy (non-hydrogen) atoms. The van der Waals surface area contributed by atoms with Crippen LogP contribution in [0.3, 0.4) is 0 Å². The van der Waals surface area contributed by atoms with Gasteiger partial charge in [-0.2, -0.15) is 0 Å². The van der Waals surface area contributed by atoms with Crippen LogP contribution in [0.4, 0.5) is 0 Å². The Kier molecular flexibility index (Phi) is 7.72. The molecule has 3 aromatic heterocycles. The van der Waals surface area contributed by atoms with Crippen molar-refractivity contribution in [2.75, 3.05) is 0 Å². The van der Waals surface area contributed by atoms with E-state index >= 15 is 0 Å². The summed E-state index contributed by atoms with van der Waals surface area (Å²) >= 11 is 0. The van der Waals surface area contributed by atoms with Gasteiger partial charge in [0.1, 0.15) is 11.3 Å². The number of allylic oxidation sites excluding steroid dienone is 2. The average Bonchev–Trinajstić information content (AvgIpc) is 3.45. The summed E-state index contributed by atoms with van der Waals surface area (Å²) in [6, 6.07) is 29.6. The molecule has 6 aromatic rings. The minimum absolute atomic E-state index is 0. The zero-order valence-electron chi connectivity index (χ0n) is 20.5. The number of ketones is 1. The largest absolute Gasteiger partial charge is 0.512 e. The summed E-state index contributed by atoms with van der Waals surface area (Å²) in [6.07, 6.45) is 1.17. The van der Waals surface area contributed by atoms with Crippen LogP contribution >= 0.6 is 0 Å². The molecule has 0 aliphatic heterocycles. The van der Waals surface area contributed by atoms with Crippen LogP contribution in [0, 0.1) is 13.0 Å². The molecule has 3 aromatic carbocycles. The number of nitrogens with zero attached hydrogens (tertiary/aromatic N) is 1. The van der Waals surface area contributed by atoms with Gasteiger partial charge in [-0.15, -0.1) is 18.2 Å². The first-order valence-electron chi connectivity index (χ1n) is 11.6. The number of aliphatic hydroxyl groups excluding tert-OH is 1. The number of pyridine rings is 1. The summed E-state index contributed by atoms with van der Waals surface area (Å²) in [5.74, 6) is 0.753. The molecule has 0 bridgehead atoms. The Morgan fingerprint density at radius 3 is 2.38 bits per heavy atom. The molecule has 1 N–H and O–H groups in total. The zero-order chi connectivity index (χ0) is 25.2. The second-order valence-electron chi connectivity index (χ2n) is 8.65. The van der Waals surface area contributed by atoms with Crippen molar-refractivity contribution >= 4 is 38.8 Å². The van der Waals surface area contributed by atoms with Crippen molar-refractivity contribution in [3.8, 4) is 22.6 Å². The van der Waals surface area contributed by atoms with Crippen molar-refractivity contribution in [2.45, 2.75) is 20.8 Å². The first-order valence-corrected chi connectivity index (χ1v) is 11.6. The second-order valence-corrected chi connectivity index (χ2v) is 8.65. The van der Waals surface area contributed by atoms with Gasteiger partial charge in [-0.3, -0.25) is 9.78 Å². The van der Waals surface area contributed by atoms with Gasteiger partial charge in [0.15, 0.2) is 11.4 Å². The van der Waals surface area contributed by atoms with E-state index in [4.69, 9.17) is 18.9 Å². The molecule has 6 heteroatoms. The summed E-state index contributed by atoms with van der Waals surface area (Å²) in [6.45, 7) is 4.92. The fourth-order valence-electron chi connectivity index (χ4n) is 4.10. The predicted octanol–water partition coefficient (Wildman–Crippen LogP) is 8.20.